The summed E-state index contributed by atoms with van der Waals surface area (Å²) in [6.07, 6.45) is 3.77. The first-order valence-electron chi connectivity index (χ1n) is 8.56. The summed E-state index contributed by atoms with van der Waals surface area (Å²) in [5, 5.41) is 0. The number of benzene rings is 1. The van der Waals surface area contributed by atoms with Crippen LogP contribution >= 0.6 is 0 Å². The van der Waals surface area contributed by atoms with Crippen LogP contribution in [0.4, 0.5) is 4.39 Å². The molecule has 0 saturated carbocycles. The van der Waals surface area contributed by atoms with Crippen molar-refractivity contribution in [2.45, 2.75) is 38.2 Å². The fourth-order valence-electron chi connectivity index (χ4n) is 2.88. The summed E-state index contributed by atoms with van der Waals surface area (Å²) in [4.78, 5) is 14.2. The van der Waals surface area contributed by atoms with E-state index in [0.717, 1.165) is 37.9 Å². The van der Waals surface area contributed by atoms with Crippen LogP contribution in [-0.4, -0.2) is 50.3 Å². The number of nitrogens with zero attached hydrogens (tertiary/aromatic N) is 1. The van der Waals surface area contributed by atoms with Crippen molar-refractivity contribution in [3.8, 4) is 5.75 Å². The van der Waals surface area contributed by atoms with Crippen LogP contribution in [0.2, 0.25) is 0 Å². The van der Waals surface area contributed by atoms with Crippen molar-refractivity contribution < 1.29 is 18.7 Å². The van der Waals surface area contributed by atoms with Crippen molar-refractivity contribution >= 4 is 5.91 Å². The zero-order valence-electron chi connectivity index (χ0n) is 14.3. The van der Waals surface area contributed by atoms with E-state index in [2.05, 4.69) is 0 Å². The number of hydrogen-bond acceptors (Lipinski definition) is 4. The number of halogens is 1. The average Bonchev–Trinajstić information content (AvgIpc) is 2.60. The summed E-state index contributed by atoms with van der Waals surface area (Å²) in [5.74, 6) is -0.0497. The number of likely N-dealkylation sites (tertiary alicyclic amines) is 1. The Bertz CT molecular complexity index is 531. The van der Waals surface area contributed by atoms with Crippen LogP contribution in [0.3, 0.4) is 0 Å². The van der Waals surface area contributed by atoms with Gasteiger partial charge in [0.05, 0.1) is 13.2 Å². The van der Waals surface area contributed by atoms with Gasteiger partial charge in [0.1, 0.15) is 0 Å². The molecule has 1 aliphatic rings. The maximum atomic E-state index is 13.7. The topological polar surface area (TPSA) is 64.8 Å². The molecular formula is C18H27FN2O3. The summed E-state index contributed by atoms with van der Waals surface area (Å²) in [5.41, 5.74) is 6.26. The first-order valence-corrected chi connectivity index (χ1v) is 8.56. The van der Waals surface area contributed by atoms with Crippen molar-refractivity contribution in [1.29, 1.82) is 0 Å². The Kier molecular flexibility index (Phi) is 7.46. The minimum atomic E-state index is -0.391. The van der Waals surface area contributed by atoms with Gasteiger partial charge in [0.2, 0.25) is 5.91 Å². The monoisotopic (exact) mass is 338 g/mol. The van der Waals surface area contributed by atoms with Crippen molar-refractivity contribution in [3.63, 3.8) is 0 Å². The van der Waals surface area contributed by atoms with E-state index < -0.39 is 5.82 Å². The van der Waals surface area contributed by atoms with Crippen LogP contribution < -0.4 is 10.5 Å². The smallest absolute Gasteiger partial charge is 0.222 e. The van der Waals surface area contributed by atoms with Gasteiger partial charge >= 0.3 is 0 Å². The molecule has 1 amide bonds. The van der Waals surface area contributed by atoms with Gasteiger partial charge in [-0.05, 0) is 49.9 Å². The summed E-state index contributed by atoms with van der Waals surface area (Å²) in [6.45, 7) is 2.79. The molecule has 5 nitrogen and oxygen atoms in total. The highest BCUT2D eigenvalue weighted by atomic mass is 19.1. The second-order valence-electron chi connectivity index (χ2n) is 6.06. The van der Waals surface area contributed by atoms with Crippen LogP contribution in [0, 0.1) is 5.82 Å². The molecule has 24 heavy (non-hydrogen) atoms. The minimum absolute atomic E-state index is 0.117. The molecule has 1 aliphatic heterocycles. The van der Waals surface area contributed by atoms with Crippen LogP contribution in [-0.2, 0) is 16.0 Å². The lowest BCUT2D eigenvalue weighted by Crippen LogP contribution is -2.41. The third kappa shape index (κ3) is 5.46. The molecule has 2 rings (SSSR count). The van der Waals surface area contributed by atoms with Gasteiger partial charge in [-0.1, -0.05) is 6.07 Å². The van der Waals surface area contributed by atoms with Gasteiger partial charge in [-0.2, -0.15) is 0 Å². The number of methoxy groups -OCH3 is 1. The first kappa shape index (κ1) is 18.7. The van der Waals surface area contributed by atoms with Gasteiger partial charge in [0, 0.05) is 26.1 Å². The molecule has 0 aromatic heterocycles. The van der Waals surface area contributed by atoms with Crippen LogP contribution in [0.25, 0.3) is 0 Å². The van der Waals surface area contributed by atoms with Gasteiger partial charge in [-0.3, -0.25) is 4.79 Å². The van der Waals surface area contributed by atoms with Gasteiger partial charge < -0.3 is 20.1 Å². The Morgan fingerprint density at radius 3 is 2.75 bits per heavy atom. The second kappa shape index (κ2) is 9.59. The lowest BCUT2D eigenvalue weighted by molar-refractivity contribution is -0.133. The zero-order chi connectivity index (χ0) is 17.4. The normalized spacial score (nSPS) is 15.5. The third-order valence-electron chi connectivity index (χ3n) is 4.34. The van der Waals surface area contributed by atoms with Gasteiger partial charge in [0.25, 0.3) is 0 Å². The summed E-state index contributed by atoms with van der Waals surface area (Å²) < 4.78 is 24.3. The number of piperidine rings is 1. The molecule has 1 aromatic rings. The van der Waals surface area contributed by atoms with E-state index in [-0.39, 0.29) is 17.8 Å². The first-order chi connectivity index (χ1) is 11.6. The van der Waals surface area contributed by atoms with Gasteiger partial charge in [-0.25, -0.2) is 4.39 Å². The van der Waals surface area contributed by atoms with Gasteiger partial charge in [-0.15, -0.1) is 0 Å². The number of ether oxygens (including phenoxy) is 2. The zero-order valence-corrected chi connectivity index (χ0v) is 14.3. The van der Waals surface area contributed by atoms with Crippen molar-refractivity contribution in [2.24, 2.45) is 5.73 Å². The Balaban J connectivity index is 1.73. The lowest BCUT2D eigenvalue weighted by atomic mass is 10.1. The predicted octanol–water partition coefficient (Wildman–Crippen LogP) is 2.12. The molecule has 6 heteroatoms. The van der Waals surface area contributed by atoms with Crippen LogP contribution in [0.5, 0.6) is 5.75 Å². The average molecular weight is 338 g/mol. The summed E-state index contributed by atoms with van der Waals surface area (Å²) >= 11 is 0. The number of aryl methyl sites for hydroxylation is 1. The molecule has 0 bridgehead atoms. The van der Waals surface area contributed by atoms with Gasteiger partial charge in [0.15, 0.2) is 11.6 Å². The number of rotatable bonds is 8. The Labute approximate surface area is 142 Å². The standard InChI is InChI=1S/C18H27FN2O3/c1-23-17-5-3-14(13-16(17)19)4-6-18(22)21-10-7-15(8-11-21)24-12-2-9-20/h3,5,13,15H,2,4,6-12,20H2,1H3. The molecule has 1 saturated heterocycles. The molecule has 0 spiro atoms. The van der Waals surface area contributed by atoms with Crippen molar-refractivity contribution in [2.75, 3.05) is 33.4 Å². The van der Waals surface area contributed by atoms with Crippen LogP contribution in [0.1, 0.15) is 31.2 Å². The molecular weight excluding hydrogens is 311 g/mol. The number of nitrogens with two attached hydrogens (primary N) is 1. The quantitative estimate of drug-likeness (QED) is 0.738. The van der Waals surface area contributed by atoms with Crippen molar-refractivity contribution in [1.82, 2.24) is 4.90 Å². The molecule has 1 fully saturated rings. The molecule has 0 atom stereocenters. The third-order valence-corrected chi connectivity index (χ3v) is 4.34. The molecule has 0 unspecified atom stereocenters. The Morgan fingerprint density at radius 2 is 2.12 bits per heavy atom. The maximum absolute atomic E-state index is 13.7. The molecule has 0 aliphatic carbocycles. The molecule has 1 heterocycles. The van der Waals surface area contributed by atoms with Crippen LogP contribution in [0.15, 0.2) is 18.2 Å². The predicted molar refractivity (Wildman–Crippen MR) is 90.5 cm³/mol. The minimum Gasteiger partial charge on any atom is -0.494 e. The number of carbonyl (C=O) groups is 1. The maximum Gasteiger partial charge on any atom is 0.222 e. The van der Waals surface area contributed by atoms with E-state index in [1.165, 1.54) is 13.2 Å². The molecule has 2 N–H and O–H groups in total. The fourth-order valence-corrected chi connectivity index (χ4v) is 2.88. The summed E-state index contributed by atoms with van der Waals surface area (Å²) in [6, 6.07) is 4.83. The van der Waals surface area contributed by atoms with E-state index in [4.69, 9.17) is 15.2 Å². The lowest BCUT2D eigenvalue weighted by Gasteiger charge is -2.32. The van der Waals surface area contributed by atoms with E-state index in [1.807, 2.05) is 4.90 Å². The van der Waals surface area contributed by atoms with E-state index >= 15 is 0 Å². The number of amides is 1. The molecule has 134 valence electrons. The Morgan fingerprint density at radius 1 is 1.38 bits per heavy atom. The van der Waals surface area contributed by atoms with Crippen molar-refractivity contribution in [3.05, 3.63) is 29.6 Å². The molecule has 0 radical (unpaired) electrons. The molecule has 1 aromatic carbocycles. The van der Waals surface area contributed by atoms with E-state index in [1.54, 1.807) is 12.1 Å². The SMILES string of the molecule is COc1ccc(CCC(=O)N2CCC(OCCCN)CC2)cc1F. The van der Waals surface area contributed by atoms with E-state index in [0.29, 0.717) is 26.0 Å². The summed E-state index contributed by atoms with van der Waals surface area (Å²) in [7, 11) is 1.44. The van der Waals surface area contributed by atoms with E-state index in [9.17, 15) is 9.18 Å². The number of hydrogen-bond donors (Lipinski definition) is 1. The highest BCUT2D eigenvalue weighted by Gasteiger charge is 2.22. The fraction of sp³-hybridized carbons (Fsp3) is 0.611. The highest BCUT2D eigenvalue weighted by molar-refractivity contribution is 5.76. The number of carbonyl (C=O) groups excluding carboxylic acids is 1. The second-order valence-corrected chi connectivity index (χ2v) is 6.06. The Hall–Kier alpha value is -1.66. The highest BCUT2D eigenvalue weighted by Crippen LogP contribution is 2.19. The largest absolute Gasteiger partial charge is 0.494 e.